The van der Waals surface area contributed by atoms with Crippen LogP contribution in [-0.2, 0) is 0 Å². The SMILES string of the molecule is COc1cc2ncc(C(N)=O)c(NC(=O)c3cc(C)ccc3C)c2cc1OC. The third-order valence-corrected chi connectivity index (χ3v) is 4.51. The van der Waals surface area contributed by atoms with Gasteiger partial charge in [0.05, 0.1) is 31.0 Å². The Balaban J connectivity index is 2.19. The number of rotatable bonds is 5. The van der Waals surface area contributed by atoms with Crippen LogP contribution in [0.3, 0.4) is 0 Å². The van der Waals surface area contributed by atoms with Gasteiger partial charge in [0.25, 0.3) is 11.8 Å². The van der Waals surface area contributed by atoms with Gasteiger partial charge in [0.15, 0.2) is 11.5 Å². The van der Waals surface area contributed by atoms with Crippen LogP contribution in [-0.4, -0.2) is 31.0 Å². The van der Waals surface area contributed by atoms with Crippen LogP contribution in [0.15, 0.2) is 36.5 Å². The lowest BCUT2D eigenvalue weighted by atomic mass is 10.0. The zero-order valence-electron chi connectivity index (χ0n) is 16.1. The van der Waals surface area contributed by atoms with Crippen LogP contribution < -0.4 is 20.5 Å². The number of aromatic nitrogens is 1. The number of methoxy groups -OCH3 is 2. The molecular formula is C21H21N3O4. The first-order valence-electron chi connectivity index (χ1n) is 8.58. The van der Waals surface area contributed by atoms with Crippen molar-refractivity contribution < 1.29 is 19.1 Å². The molecule has 0 bridgehead atoms. The number of benzene rings is 2. The summed E-state index contributed by atoms with van der Waals surface area (Å²) in [4.78, 5) is 29.2. The molecule has 3 aromatic rings. The number of pyridine rings is 1. The molecule has 0 saturated carbocycles. The van der Waals surface area contributed by atoms with E-state index < -0.39 is 5.91 Å². The number of fused-ring (bicyclic) bond motifs is 1. The minimum Gasteiger partial charge on any atom is -0.493 e. The normalized spacial score (nSPS) is 10.6. The molecule has 7 heteroatoms. The predicted molar refractivity (Wildman–Crippen MR) is 107 cm³/mol. The third-order valence-electron chi connectivity index (χ3n) is 4.51. The summed E-state index contributed by atoms with van der Waals surface area (Å²) < 4.78 is 10.6. The van der Waals surface area contributed by atoms with Crippen molar-refractivity contribution in [2.75, 3.05) is 19.5 Å². The van der Waals surface area contributed by atoms with Gasteiger partial charge in [-0.1, -0.05) is 17.7 Å². The number of carbonyl (C=O) groups excluding carboxylic acids is 2. The first kappa shape index (κ1) is 19.2. The summed E-state index contributed by atoms with van der Waals surface area (Å²) in [6, 6.07) is 8.93. The number of nitrogens with zero attached hydrogens (tertiary/aromatic N) is 1. The van der Waals surface area contributed by atoms with E-state index in [2.05, 4.69) is 10.3 Å². The summed E-state index contributed by atoms with van der Waals surface area (Å²) in [6.45, 7) is 3.76. The number of nitrogens with one attached hydrogen (secondary N) is 1. The van der Waals surface area contributed by atoms with Crippen molar-refractivity contribution in [1.29, 1.82) is 0 Å². The van der Waals surface area contributed by atoms with Crippen molar-refractivity contribution in [3.05, 3.63) is 58.8 Å². The maximum atomic E-state index is 12.9. The zero-order valence-corrected chi connectivity index (χ0v) is 16.1. The Hall–Kier alpha value is -3.61. The molecule has 0 aliphatic rings. The summed E-state index contributed by atoms with van der Waals surface area (Å²) in [5.74, 6) is -0.104. The van der Waals surface area contributed by atoms with Gasteiger partial charge in [-0.25, -0.2) is 0 Å². The maximum Gasteiger partial charge on any atom is 0.255 e. The molecule has 0 radical (unpaired) electrons. The number of anilines is 1. The number of hydrogen-bond donors (Lipinski definition) is 2. The third kappa shape index (κ3) is 3.46. The van der Waals surface area contributed by atoms with Crippen molar-refractivity contribution in [3.8, 4) is 11.5 Å². The van der Waals surface area contributed by atoms with Crippen LogP contribution in [0.25, 0.3) is 10.9 Å². The van der Waals surface area contributed by atoms with Crippen molar-refractivity contribution in [2.24, 2.45) is 5.73 Å². The van der Waals surface area contributed by atoms with Crippen LogP contribution in [0.2, 0.25) is 0 Å². The van der Waals surface area contributed by atoms with E-state index in [1.807, 2.05) is 26.0 Å². The van der Waals surface area contributed by atoms with Gasteiger partial charge in [0.2, 0.25) is 0 Å². The molecule has 0 aliphatic carbocycles. The van der Waals surface area contributed by atoms with Gasteiger partial charge in [0, 0.05) is 23.2 Å². The molecule has 0 aliphatic heterocycles. The zero-order chi connectivity index (χ0) is 20.4. The fourth-order valence-electron chi connectivity index (χ4n) is 3.00. The van der Waals surface area contributed by atoms with Gasteiger partial charge in [-0.05, 0) is 31.5 Å². The number of nitrogens with two attached hydrogens (primary N) is 1. The first-order chi connectivity index (χ1) is 13.3. The van der Waals surface area contributed by atoms with E-state index in [-0.39, 0.29) is 17.2 Å². The highest BCUT2D eigenvalue weighted by molar-refractivity contribution is 6.15. The highest BCUT2D eigenvalue weighted by Crippen LogP contribution is 2.36. The molecule has 1 heterocycles. The van der Waals surface area contributed by atoms with E-state index >= 15 is 0 Å². The number of aryl methyl sites for hydroxylation is 2. The Morgan fingerprint density at radius 2 is 1.68 bits per heavy atom. The second-order valence-electron chi connectivity index (χ2n) is 6.41. The molecule has 144 valence electrons. The molecule has 0 unspecified atom stereocenters. The maximum absolute atomic E-state index is 12.9. The summed E-state index contributed by atoms with van der Waals surface area (Å²) in [7, 11) is 3.02. The number of carbonyl (C=O) groups is 2. The van der Waals surface area contributed by atoms with Crippen molar-refractivity contribution in [3.63, 3.8) is 0 Å². The average molecular weight is 379 g/mol. The number of amides is 2. The Kier molecular flexibility index (Phi) is 5.17. The molecule has 28 heavy (non-hydrogen) atoms. The van der Waals surface area contributed by atoms with Crippen LogP contribution in [0.4, 0.5) is 5.69 Å². The van der Waals surface area contributed by atoms with Crippen LogP contribution in [0.5, 0.6) is 11.5 Å². The molecule has 3 N–H and O–H groups in total. The van der Waals surface area contributed by atoms with Gasteiger partial charge < -0.3 is 20.5 Å². The lowest BCUT2D eigenvalue weighted by Gasteiger charge is -2.15. The van der Waals surface area contributed by atoms with Gasteiger partial charge in [-0.15, -0.1) is 0 Å². The average Bonchev–Trinajstić information content (AvgIpc) is 2.68. The monoisotopic (exact) mass is 379 g/mol. The minimum atomic E-state index is -0.694. The first-order valence-corrected chi connectivity index (χ1v) is 8.58. The van der Waals surface area contributed by atoms with E-state index in [4.69, 9.17) is 15.2 Å². The highest BCUT2D eigenvalue weighted by atomic mass is 16.5. The fourth-order valence-corrected chi connectivity index (χ4v) is 3.00. The lowest BCUT2D eigenvalue weighted by Crippen LogP contribution is -2.19. The minimum absolute atomic E-state index is 0.110. The van der Waals surface area contributed by atoms with Gasteiger partial charge >= 0.3 is 0 Å². The molecule has 1 aromatic heterocycles. The van der Waals surface area contributed by atoms with Crippen LogP contribution in [0.1, 0.15) is 31.8 Å². The molecule has 0 spiro atoms. The summed E-state index contributed by atoms with van der Waals surface area (Å²) in [6.07, 6.45) is 1.34. The predicted octanol–water partition coefficient (Wildman–Crippen LogP) is 3.22. The van der Waals surface area contributed by atoms with E-state index in [0.717, 1.165) is 11.1 Å². The van der Waals surface area contributed by atoms with E-state index in [9.17, 15) is 9.59 Å². The van der Waals surface area contributed by atoms with E-state index in [0.29, 0.717) is 28.0 Å². The fraction of sp³-hybridized carbons (Fsp3) is 0.190. The second kappa shape index (κ2) is 7.56. The number of primary amides is 1. The molecule has 0 fully saturated rings. The largest absolute Gasteiger partial charge is 0.493 e. The Morgan fingerprint density at radius 1 is 1.00 bits per heavy atom. The Morgan fingerprint density at radius 3 is 2.32 bits per heavy atom. The standard InChI is InChI=1S/C21H21N3O4/c1-11-5-6-12(2)13(7-11)21(26)24-19-14-8-17(27-3)18(28-4)9-16(14)23-10-15(19)20(22)25/h5-10H,1-4H3,(H2,22,25)(H,23,24,26). The van der Waals surface area contributed by atoms with E-state index in [1.54, 1.807) is 18.2 Å². The number of ether oxygens (including phenoxy) is 2. The van der Waals surface area contributed by atoms with Crippen LogP contribution >= 0.6 is 0 Å². The Bertz CT molecular complexity index is 1090. The second-order valence-corrected chi connectivity index (χ2v) is 6.41. The topological polar surface area (TPSA) is 104 Å². The molecule has 0 atom stereocenters. The molecule has 7 nitrogen and oxygen atoms in total. The summed E-state index contributed by atoms with van der Waals surface area (Å²) in [5.41, 5.74) is 8.72. The van der Waals surface area contributed by atoms with Crippen LogP contribution in [0, 0.1) is 13.8 Å². The smallest absolute Gasteiger partial charge is 0.255 e. The van der Waals surface area contributed by atoms with Crippen molar-refractivity contribution in [1.82, 2.24) is 4.98 Å². The highest BCUT2D eigenvalue weighted by Gasteiger charge is 2.19. The summed E-state index contributed by atoms with van der Waals surface area (Å²) >= 11 is 0. The van der Waals surface area contributed by atoms with Gasteiger partial charge in [0.1, 0.15) is 0 Å². The molecule has 2 amide bonds. The van der Waals surface area contributed by atoms with E-state index in [1.165, 1.54) is 20.4 Å². The lowest BCUT2D eigenvalue weighted by molar-refractivity contribution is 0.100. The van der Waals surface area contributed by atoms with Gasteiger partial charge in [-0.3, -0.25) is 14.6 Å². The number of hydrogen-bond acceptors (Lipinski definition) is 5. The van der Waals surface area contributed by atoms with Gasteiger partial charge in [-0.2, -0.15) is 0 Å². The van der Waals surface area contributed by atoms with Crippen molar-refractivity contribution >= 4 is 28.4 Å². The molecule has 0 saturated heterocycles. The Labute approximate surface area is 162 Å². The molecule has 2 aromatic carbocycles. The molecular weight excluding hydrogens is 358 g/mol. The van der Waals surface area contributed by atoms with Crippen molar-refractivity contribution in [2.45, 2.75) is 13.8 Å². The molecule has 3 rings (SSSR count). The summed E-state index contributed by atoms with van der Waals surface area (Å²) in [5, 5.41) is 3.35. The quantitative estimate of drug-likeness (QED) is 0.708.